The molecule has 6 heavy (non-hydrogen) atoms. The van der Waals surface area contributed by atoms with Gasteiger partial charge in [0.25, 0.3) is 0 Å². The van der Waals surface area contributed by atoms with Gasteiger partial charge in [-0.1, -0.05) is 0 Å². The van der Waals surface area contributed by atoms with Crippen LogP contribution in [0.25, 0.3) is 24.6 Å². The van der Waals surface area contributed by atoms with Crippen LogP contribution < -0.4 is 0 Å². The van der Waals surface area contributed by atoms with E-state index in [0.29, 0.717) is 0 Å². The summed E-state index contributed by atoms with van der Waals surface area (Å²) in [6.45, 7) is 0. The van der Waals surface area contributed by atoms with E-state index in [-0.39, 0.29) is 58.7 Å². The van der Waals surface area contributed by atoms with Gasteiger partial charge in [0.1, 0.15) is 0 Å². The minimum absolute atomic E-state index is 0. The van der Waals surface area contributed by atoms with E-state index in [2.05, 4.69) is 0 Å². The fraction of sp³-hybridized carbons (Fsp3) is 0. The second kappa shape index (κ2) is 181. The number of hydrogen-bond acceptors (Lipinski definition) is 0. The molecule has 0 rings (SSSR count). The maximum Gasteiger partial charge on any atom is 0 e. The molecule has 0 aromatic carbocycles. The van der Waals surface area contributed by atoms with Crippen LogP contribution in [-0.2, 0) is 34.1 Å². The van der Waals surface area contributed by atoms with Gasteiger partial charge in [-0.15, -0.1) is 0 Å². The molecule has 0 spiro atoms. The van der Waals surface area contributed by atoms with Crippen LogP contribution in [0.1, 0.15) is 0 Å². The third-order valence-corrected chi connectivity index (χ3v) is 0. The molecule has 2 radical (unpaired) electrons. The molecule has 4 nitrogen and oxygen atoms in total. The van der Waals surface area contributed by atoms with Crippen molar-refractivity contribution in [3.63, 3.8) is 0 Å². The van der Waals surface area contributed by atoms with Gasteiger partial charge in [0, 0.05) is 34.1 Å². The minimum atomic E-state index is 0. The van der Waals surface area contributed by atoms with Gasteiger partial charge in [-0.2, -0.15) is 0 Å². The van der Waals surface area contributed by atoms with Crippen molar-refractivity contribution in [1.82, 2.24) is 0 Å². The molecule has 0 aliphatic heterocycles. The molecule has 54 valence electrons. The number of nitrogens with two attached hydrogens (primary N) is 4. The van der Waals surface area contributed by atoms with E-state index >= 15 is 0 Å². The standard InChI is InChI=1S/2Cu.4H2N/h;;4*1H2/q;;4*-1. The predicted molar refractivity (Wildman–Crippen MR) is 21.1 cm³/mol. The van der Waals surface area contributed by atoms with Gasteiger partial charge in [0.2, 0.25) is 0 Å². The summed E-state index contributed by atoms with van der Waals surface area (Å²) in [5.41, 5.74) is 0. The summed E-state index contributed by atoms with van der Waals surface area (Å²) in [5, 5.41) is 0. The summed E-state index contributed by atoms with van der Waals surface area (Å²) in [5.74, 6) is 0. The van der Waals surface area contributed by atoms with Crippen LogP contribution in [-0.4, -0.2) is 0 Å². The van der Waals surface area contributed by atoms with Gasteiger partial charge in [0.15, 0.2) is 0 Å². The molecule has 0 aliphatic carbocycles. The van der Waals surface area contributed by atoms with Crippen LogP contribution in [0.2, 0.25) is 0 Å². The van der Waals surface area contributed by atoms with Crippen LogP contribution in [0.5, 0.6) is 0 Å². The summed E-state index contributed by atoms with van der Waals surface area (Å²) in [6, 6.07) is 0. The third kappa shape index (κ3) is 95.0. The Morgan fingerprint density at radius 3 is 0.333 bits per heavy atom. The zero-order valence-corrected chi connectivity index (χ0v) is 4.80. The van der Waals surface area contributed by atoms with Crippen molar-refractivity contribution in [3.05, 3.63) is 24.6 Å². The summed E-state index contributed by atoms with van der Waals surface area (Å²) in [6.07, 6.45) is 0. The Balaban J connectivity index is 0. The minimum Gasteiger partial charge on any atom is -0.693 e. The molecule has 0 amide bonds. The van der Waals surface area contributed by atoms with Crippen molar-refractivity contribution in [1.29, 1.82) is 0 Å². The molecule has 8 N–H and O–H groups in total. The molecule has 0 atom stereocenters. The molecule has 0 saturated heterocycles. The Labute approximate surface area is 59.1 Å². The first-order chi connectivity index (χ1) is 0. The third-order valence-electron chi connectivity index (χ3n) is 0. The summed E-state index contributed by atoms with van der Waals surface area (Å²) in [4.78, 5) is 0. The Hall–Kier alpha value is 0.879. The van der Waals surface area contributed by atoms with E-state index in [0.717, 1.165) is 0 Å². The average molecular weight is 191 g/mol. The quantitative estimate of drug-likeness (QED) is 0.520. The zero-order valence-electron chi connectivity index (χ0n) is 2.91. The Morgan fingerprint density at radius 1 is 0.333 bits per heavy atom. The zero-order chi connectivity index (χ0) is 0. The van der Waals surface area contributed by atoms with E-state index < -0.39 is 0 Å². The molecule has 0 heterocycles. The molecule has 0 bridgehead atoms. The van der Waals surface area contributed by atoms with Gasteiger partial charge in [-0.25, -0.2) is 0 Å². The molecule has 0 aromatic rings. The average Bonchev–Trinajstić information content (AvgIpc) is 0. The van der Waals surface area contributed by atoms with Crippen LogP contribution >= 0.6 is 0 Å². The fourth-order valence-corrected chi connectivity index (χ4v) is 0. The van der Waals surface area contributed by atoms with Gasteiger partial charge < -0.3 is 24.6 Å². The van der Waals surface area contributed by atoms with Gasteiger partial charge in [-0.3, -0.25) is 0 Å². The van der Waals surface area contributed by atoms with Gasteiger partial charge >= 0.3 is 0 Å². The van der Waals surface area contributed by atoms with Crippen molar-refractivity contribution in [2.75, 3.05) is 0 Å². The monoisotopic (exact) mass is 190 g/mol. The summed E-state index contributed by atoms with van der Waals surface area (Å²) in [7, 11) is 0. The predicted octanol–water partition coefficient (Wildman–Crippen LogP) is 2.86. The first kappa shape index (κ1) is 308. The first-order valence-electron chi connectivity index (χ1n) is 0. The topological polar surface area (TPSA) is 134 Å². The molecule has 0 aromatic heterocycles. The first-order valence-corrected chi connectivity index (χ1v) is 0. The van der Waals surface area contributed by atoms with E-state index in [1.165, 1.54) is 0 Å². The Morgan fingerprint density at radius 2 is 0.333 bits per heavy atom. The van der Waals surface area contributed by atoms with E-state index in [9.17, 15) is 0 Å². The smallest absolute Gasteiger partial charge is 0 e. The number of hydrogen-bond donors (Lipinski definition) is 0. The molecular weight excluding hydrogens is 183 g/mol. The van der Waals surface area contributed by atoms with Crippen molar-refractivity contribution in [2.45, 2.75) is 0 Å². The summed E-state index contributed by atoms with van der Waals surface area (Å²) < 4.78 is 0. The van der Waals surface area contributed by atoms with E-state index in [1.54, 1.807) is 0 Å². The van der Waals surface area contributed by atoms with Crippen molar-refractivity contribution in [2.24, 2.45) is 0 Å². The molecule has 0 aliphatic rings. The van der Waals surface area contributed by atoms with Crippen molar-refractivity contribution >= 4 is 0 Å². The SMILES string of the molecule is [Cu].[Cu].[NH2-].[NH2-].[NH2-].[NH2-]. The van der Waals surface area contributed by atoms with Crippen LogP contribution in [0.15, 0.2) is 0 Å². The Kier molecular flexibility index (Phi) is 9290. The van der Waals surface area contributed by atoms with Gasteiger partial charge in [0.05, 0.1) is 0 Å². The van der Waals surface area contributed by atoms with Crippen LogP contribution in [0.3, 0.4) is 0 Å². The maximum absolute atomic E-state index is 0. The molecule has 6 heteroatoms. The summed E-state index contributed by atoms with van der Waals surface area (Å²) >= 11 is 0. The van der Waals surface area contributed by atoms with Crippen molar-refractivity contribution < 1.29 is 34.1 Å². The molecule has 0 fully saturated rings. The van der Waals surface area contributed by atoms with Crippen molar-refractivity contribution in [3.8, 4) is 0 Å². The fourth-order valence-electron chi connectivity index (χ4n) is 0. The van der Waals surface area contributed by atoms with Gasteiger partial charge in [-0.05, 0) is 0 Å². The Bertz CT molecular complexity index is 5.51. The van der Waals surface area contributed by atoms with Crippen LogP contribution in [0, 0.1) is 0 Å². The normalized spacial score (nSPS) is 0. The second-order valence-electron chi connectivity index (χ2n) is 0. The number of rotatable bonds is 0. The van der Waals surface area contributed by atoms with E-state index in [1.807, 2.05) is 0 Å². The molecule has 0 saturated carbocycles. The molecule has 0 unspecified atom stereocenters. The van der Waals surface area contributed by atoms with Crippen LogP contribution in [0.4, 0.5) is 0 Å². The maximum atomic E-state index is 0. The molecular formula is H8Cu2N4-4. The largest absolute Gasteiger partial charge is 0.693 e. The van der Waals surface area contributed by atoms with E-state index in [4.69, 9.17) is 0 Å². The second-order valence-corrected chi connectivity index (χ2v) is 0.